The maximum absolute atomic E-state index is 12.2. The van der Waals surface area contributed by atoms with Crippen molar-refractivity contribution in [2.75, 3.05) is 17.5 Å². The van der Waals surface area contributed by atoms with Crippen molar-refractivity contribution in [3.8, 4) is 0 Å². The first-order valence-corrected chi connectivity index (χ1v) is 7.66. The predicted molar refractivity (Wildman–Crippen MR) is 72.7 cm³/mol. The molecule has 1 N–H and O–H groups in total. The van der Waals surface area contributed by atoms with E-state index in [9.17, 15) is 4.79 Å². The largest absolute Gasteiger partial charge is 0.347 e. The maximum Gasteiger partial charge on any atom is 0.236 e. The van der Waals surface area contributed by atoms with Crippen LogP contribution >= 0.6 is 35.0 Å². The van der Waals surface area contributed by atoms with E-state index >= 15 is 0 Å². The van der Waals surface area contributed by atoms with E-state index in [4.69, 9.17) is 23.2 Å². The topological polar surface area (TPSA) is 29.1 Å². The summed E-state index contributed by atoms with van der Waals surface area (Å²) in [5.41, 5.74) is -0.452. The van der Waals surface area contributed by atoms with E-state index in [1.54, 1.807) is 11.8 Å². The number of hydrogen-bond donors (Lipinski definition) is 1. The van der Waals surface area contributed by atoms with Crippen LogP contribution < -0.4 is 5.32 Å². The van der Waals surface area contributed by atoms with Gasteiger partial charge in [-0.1, -0.05) is 6.92 Å². The minimum atomic E-state index is -0.452. The van der Waals surface area contributed by atoms with Gasteiger partial charge in [-0.05, 0) is 31.9 Å². The van der Waals surface area contributed by atoms with Crippen molar-refractivity contribution in [1.82, 2.24) is 5.32 Å². The van der Waals surface area contributed by atoms with E-state index in [2.05, 4.69) is 5.32 Å². The Hall–Kier alpha value is 0.400. The summed E-state index contributed by atoms with van der Waals surface area (Å²) in [6.07, 6.45) is 2.80. The molecule has 0 aromatic carbocycles. The fraction of sp³-hybridized carbons (Fsp3) is 0.909. The zero-order chi connectivity index (χ0) is 12.2. The molecule has 1 saturated heterocycles. The van der Waals surface area contributed by atoms with Crippen molar-refractivity contribution < 1.29 is 4.79 Å². The van der Waals surface area contributed by atoms with Gasteiger partial charge < -0.3 is 5.32 Å². The average molecular weight is 284 g/mol. The predicted octanol–water partition coefficient (Wildman–Crippen LogP) is 3.01. The first-order valence-electron chi connectivity index (χ1n) is 5.60. The molecule has 1 atom stereocenters. The van der Waals surface area contributed by atoms with Crippen molar-refractivity contribution in [3.05, 3.63) is 0 Å². The van der Waals surface area contributed by atoms with Gasteiger partial charge in [0.1, 0.15) is 0 Å². The summed E-state index contributed by atoms with van der Waals surface area (Å²) in [7, 11) is 0. The lowest BCUT2D eigenvalue weighted by atomic mass is 9.98. The van der Waals surface area contributed by atoms with E-state index in [0.29, 0.717) is 11.8 Å². The minimum absolute atomic E-state index is 0.0816. The zero-order valence-electron chi connectivity index (χ0n) is 9.82. The molecule has 1 heterocycles. The maximum atomic E-state index is 12.2. The third kappa shape index (κ3) is 2.99. The smallest absolute Gasteiger partial charge is 0.236 e. The summed E-state index contributed by atoms with van der Waals surface area (Å²) in [5, 5.41) is 3.04. The highest BCUT2D eigenvalue weighted by Crippen LogP contribution is 2.38. The lowest BCUT2D eigenvalue weighted by Crippen LogP contribution is -2.56. The molecular formula is C11H19Cl2NOS. The number of rotatable bonds is 5. The Balaban J connectivity index is 2.68. The molecule has 0 spiro atoms. The molecule has 16 heavy (non-hydrogen) atoms. The molecule has 0 aromatic rings. The Bertz CT molecular complexity index is 242. The van der Waals surface area contributed by atoms with E-state index in [-0.39, 0.29) is 10.7 Å². The van der Waals surface area contributed by atoms with Crippen LogP contribution in [0.4, 0.5) is 0 Å². The van der Waals surface area contributed by atoms with Gasteiger partial charge in [0.15, 0.2) is 0 Å². The van der Waals surface area contributed by atoms with Gasteiger partial charge in [-0.3, -0.25) is 4.79 Å². The van der Waals surface area contributed by atoms with Crippen LogP contribution in [0.1, 0.15) is 33.1 Å². The van der Waals surface area contributed by atoms with Gasteiger partial charge in [0, 0.05) is 11.8 Å². The van der Waals surface area contributed by atoms with Crippen molar-refractivity contribution >= 4 is 40.9 Å². The standard InChI is InChI=1S/C11H19Cl2NOS/c1-3-11(7-12,8-13)14-9(15)10(2)5-4-6-16-10/h3-8H2,1-2H3,(H,14,15). The number of amides is 1. The second-order valence-electron chi connectivity index (χ2n) is 4.54. The van der Waals surface area contributed by atoms with Gasteiger partial charge in [-0.15, -0.1) is 35.0 Å². The molecule has 0 aliphatic carbocycles. The van der Waals surface area contributed by atoms with Gasteiger partial charge in [-0.2, -0.15) is 0 Å². The Kier molecular flexibility index (Phi) is 5.27. The van der Waals surface area contributed by atoms with E-state index < -0.39 is 5.54 Å². The molecule has 5 heteroatoms. The van der Waals surface area contributed by atoms with Crippen molar-refractivity contribution in [2.24, 2.45) is 0 Å². The highest BCUT2D eigenvalue weighted by molar-refractivity contribution is 8.01. The third-order valence-electron chi connectivity index (χ3n) is 3.27. The quantitative estimate of drug-likeness (QED) is 0.786. The van der Waals surface area contributed by atoms with Crippen LogP contribution in [0.5, 0.6) is 0 Å². The molecule has 0 aromatic heterocycles. The molecule has 1 aliphatic rings. The number of carbonyl (C=O) groups is 1. The zero-order valence-corrected chi connectivity index (χ0v) is 12.1. The van der Waals surface area contributed by atoms with Crippen LogP contribution in [0.2, 0.25) is 0 Å². The van der Waals surface area contributed by atoms with E-state index in [0.717, 1.165) is 25.0 Å². The van der Waals surface area contributed by atoms with Crippen molar-refractivity contribution in [1.29, 1.82) is 0 Å². The van der Waals surface area contributed by atoms with Gasteiger partial charge in [-0.25, -0.2) is 0 Å². The lowest BCUT2D eigenvalue weighted by molar-refractivity contribution is -0.124. The monoisotopic (exact) mass is 283 g/mol. The average Bonchev–Trinajstić information content (AvgIpc) is 2.74. The Morgan fingerprint density at radius 3 is 2.50 bits per heavy atom. The molecule has 1 aliphatic heterocycles. The summed E-state index contributed by atoms with van der Waals surface area (Å²) in [4.78, 5) is 12.2. The molecule has 1 amide bonds. The summed E-state index contributed by atoms with van der Waals surface area (Å²) < 4.78 is -0.293. The number of halogens is 2. The number of hydrogen-bond acceptors (Lipinski definition) is 2. The minimum Gasteiger partial charge on any atom is -0.347 e. The molecule has 0 radical (unpaired) electrons. The number of alkyl halides is 2. The molecule has 1 fully saturated rings. The van der Waals surface area contributed by atoms with Crippen LogP contribution in [-0.2, 0) is 4.79 Å². The molecular weight excluding hydrogens is 265 g/mol. The Morgan fingerprint density at radius 1 is 1.50 bits per heavy atom. The third-order valence-corrected chi connectivity index (χ3v) is 5.81. The second-order valence-corrected chi connectivity index (χ2v) is 6.67. The van der Waals surface area contributed by atoms with Crippen molar-refractivity contribution in [3.63, 3.8) is 0 Å². The molecule has 2 nitrogen and oxygen atoms in total. The second kappa shape index (κ2) is 5.83. The molecule has 94 valence electrons. The molecule has 1 unspecified atom stereocenters. The fourth-order valence-electron chi connectivity index (χ4n) is 1.71. The van der Waals surface area contributed by atoms with E-state index in [1.807, 2.05) is 13.8 Å². The Labute approximate surface area is 112 Å². The summed E-state index contributed by atoms with van der Waals surface area (Å²) in [5.74, 6) is 1.86. The van der Waals surface area contributed by atoms with Crippen LogP contribution in [0.25, 0.3) is 0 Å². The van der Waals surface area contributed by atoms with Gasteiger partial charge in [0.05, 0.1) is 10.3 Å². The molecule has 0 bridgehead atoms. The first-order chi connectivity index (χ1) is 7.52. The van der Waals surface area contributed by atoms with Crippen LogP contribution in [0.3, 0.4) is 0 Å². The highest BCUT2D eigenvalue weighted by atomic mass is 35.5. The summed E-state index contributed by atoms with van der Waals surface area (Å²) in [6.45, 7) is 4.00. The van der Waals surface area contributed by atoms with Crippen molar-refractivity contribution in [2.45, 2.75) is 43.4 Å². The summed E-state index contributed by atoms with van der Waals surface area (Å²) in [6, 6.07) is 0. The molecule has 0 saturated carbocycles. The normalized spacial score (nSPS) is 25.8. The number of thioether (sulfide) groups is 1. The number of carbonyl (C=O) groups excluding carboxylic acids is 1. The Morgan fingerprint density at radius 2 is 2.12 bits per heavy atom. The van der Waals surface area contributed by atoms with E-state index in [1.165, 1.54) is 0 Å². The highest BCUT2D eigenvalue weighted by Gasteiger charge is 2.40. The van der Waals surface area contributed by atoms with Crippen LogP contribution in [-0.4, -0.2) is 33.7 Å². The SMILES string of the molecule is CCC(CCl)(CCl)NC(=O)C1(C)CCCS1. The van der Waals surface area contributed by atoms with Gasteiger partial charge >= 0.3 is 0 Å². The van der Waals surface area contributed by atoms with Gasteiger partial charge in [0.2, 0.25) is 5.91 Å². The van der Waals surface area contributed by atoms with Gasteiger partial charge in [0.25, 0.3) is 0 Å². The number of nitrogens with one attached hydrogen (secondary N) is 1. The first kappa shape index (κ1) is 14.5. The van der Waals surface area contributed by atoms with Crippen LogP contribution in [0, 0.1) is 0 Å². The summed E-state index contributed by atoms with van der Waals surface area (Å²) >= 11 is 13.6. The fourth-order valence-corrected chi connectivity index (χ4v) is 3.72. The lowest BCUT2D eigenvalue weighted by Gasteiger charge is -2.33. The molecule has 1 rings (SSSR count). The van der Waals surface area contributed by atoms with Crippen LogP contribution in [0.15, 0.2) is 0 Å².